The van der Waals surface area contributed by atoms with Crippen molar-refractivity contribution in [1.29, 1.82) is 0 Å². The van der Waals surface area contributed by atoms with E-state index in [0.29, 0.717) is 0 Å². The molecule has 0 unspecified atom stereocenters. The minimum atomic E-state index is -0.456. The second-order valence-corrected chi connectivity index (χ2v) is 4.10. The van der Waals surface area contributed by atoms with Gasteiger partial charge in [-0.25, -0.2) is 4.98 Å². The van der Waals surface area contributed by atoms with Crippen LogP contribution in [-0.2, 0) is 0 Å². The van der Waals surface area contributed by atoms with Crippen LogP contribution in [0.25, 0.3) is 0 Å². The number of nitro groups is 1. The summed E-state index contributed by atoms with van der Waals surface area (Å²) >= 11 is 0. The van der Waals surface area contributed by atoms with E-state index in [1.807, 2.05) is 0 Å². The van der Waals surface area contributed by atoms with E-state index < -0.39 is 4.92 Å². The molecular weight excluding hydrogens is 222 g/mol. The molecule has 1 fully saturated rings. The van der Waals surface area contributed by atoms with Gasteiger partial charge in [-0.3, -0.25) is 10.1 Å². The van der Waals surface area contributed by atoms with Gasteiger partial charge in [-0.15, -0.1) is 0 Å². The van der Waals surface area contributed by atoms with Gasteiger partial charge in [0.2, 0.25) is 0 Å². The van der Waals surface area contributed by atoms with Crippen molar-refractivity contribution in [2.24, 2.45) is 0 Å². The van der Waals surface area contributed by atoms with Crippen LogP contribution in [0, 0.1) is 17.0 Å². The van der Waals surface area contributed by atoms with Crippen molar-refractivity contribution in [2.45, 2.75) is 25.9 Å². The van der Waals surface area contributed by atoms with E-state index in [9.17, 15) is 10.1 Å². The fourth-order valence-corrected chi connectivity index (χ4v) is 1.82. The molecule has 1 N–H and O–H groups in total. The van der Waals surface area contributed by atoms with Crippen LogP contribution in [0.4, 0.5) is 5.69 Å². The predicted molar refractivity (Wildman–Crippen MR) is 62.1 cm³/mol. The average molecular weight is 237 g/mol. The fraction of sp³-hybridized carbons (Fsp3) is 0.545. The van der Waals surface area contributed by atoms with E-state index in [4.69, 9.17) is 4.74 Å². The highest BCUT2D eigenvalue weighted by Gasteiger charge is 2.22. The molecule has 0 amide bonds. The average Bonchev–Trinajstić information content (AvgIpc) is 2.30. The molecule has 6 nitrogen and oxygen atoms in total. The second kappa shape index (κ2) is 5.09. The Labute approximate surface area is 99.2 Å². The number of rotatable bonds is 3. The molecule has 2 heterocycles. The molecule has 0 saturated carbocycles. The molecule has 1 saturated heterocycles. The molecule has 17 heavy (non-hydrogen) atoms. The van der Waals surface area contributed by atoms with Gasteiger partial charge >= 0.3 is 5.69 Å². The first-order valence-electron chi connectivity index (χ1n) is 5.66. The van der Waals surface area contributed by atoms with Crippen molar-refractivity contribution in [3.05, 3.63) is 27.9 Å². The lowest BCUT2D eigenvalue weighted by atomic mass is 10.1. The van der Waals surface area contributed by atoms with Crippen molar-refractivity contribution in [2.75, 3.05) is 13.1 Å². The van der Waals surface area contributed by atoms with Crippen molar-refractivity contribution in [3.8, 4) is 5.88 Å². The van der Waals surface area contributed by atoms with Crippen LogP contribution < -0.4 is 10.1 Å². The maximum Gasteiger partial charge on any atom is 0.330 e. The van der Waals surface area contributed by atoms with Crippen LogP contribution in [0.15, 0.2) is 12.1 Å². The van der Waals surface area contributed by atoms with E-state index in [1.165, 1.54) is 6.07 Å². The highest BCUT2D eigenvalue weighted by Crippen LogP contribution is 2.26. The van der Waals surface area contributed by atoms with Gasteiger partial charge in [0, 0.05) is 11.8 Å². The van der Waals surface area contributed by atoms with Crippen molar-refractivity contribution in [3.63, 3.8) is 0 Å². The normalized spacial score (nSPS) is 16.8. The lowest BCUT2D eigenvalue weighted by Gasteiger charge is -2.23. The molecule has 6 heteroatoms. The van der Waals surface area contributed by atoms with E-state index in [0.717, 1.165) is 31.6 Å². The second-order valence-electron chi connectivity index (χ2n) is 4.10. The van der Waals surface area contributed by atoms with Crippen LogP contribution in [0.2, 0.25) is 0 Å². The zero-order valence-corrected chi connectivity index (χ0v) is 9.68. The molecule has 0 radical (unpaired) electrons. The first kappa shape index (κ1) is 11.8. The first-order chi connectivity index (χ1) is 8.16. The smallest absolute Gasteiger partial charge is 0.330 e. The lowest BCUT2D eigenvalue weighted by molar-refractivity contribution is -0.386. The highest BCUT2D eigenvalue weighted by molar-refractivity contribution is 5.41. The third kappa shape index (κ3) is 2.91. The lowest BCUT2D eigenvalue weighted by Crippen LogP contribution is -2.34. The summed E-state index contributed by atoms with van der Waals surface area (Å²) in [5.41, 5.74) is 0.661. The maximum absolute atomic E-state index is 10.8. The Kier molecular flexibility index (Phi) is 3.53. The molecule has 92 valence electrons. The number of hydrogen-bond acceptors (Lipinski definition) is 5. The van der Waals surface area contributed by atoms with Gasteiger partial charge < -0.3 is 10.1 Å². The fourth-order valence-electron chi connectivity index (χ4n) is 1.82. The summed E-state index contributed by atoms with van der Waals surface area (Å²) in [4.78, 5) is 14.5. The Morgan fingerprint density at radius 2 is 2.18 bits per heavy atom. The number of nitrogens with one attached hydrogen (secondary N) is 1. The molecule has 0 atom stereocenters. The number of hydrogen-bond donors (Lipinski definition) is 1. The third-order valence-corrected chi connectivity index (χ3v) is 2.74. The zero-order valence-electron chi connectivity index (χ0n) is 9.68. The number of nitrogens with zero attached hydrogens (tertiary/aromatic N) is 2. The van der Waals surface area contributed by atoms with Crippen molar-refractivity contribution in [1.82, 2.24) is 10.3 Å². The molecule has 1 aliphatic heterocycles. The molecular formula is C11H15N3O3. The van der Waals surface area contributed by atoms with Crippen LogP contribution in [0.1, 0.15) is 18.5 Å². The predicted octanol–water partition coefficient (Wildman–Crippen LogP) is 1.43. The Bertz CT molecular complexity index is 416. The summed E-state index contributed by atoms with van der Waals surface area (Å²) in [6, 6.07) is 3.06. The molecule has 0 aliphatic carbocycles. The molecule has 2 rings (SSSR count). The van der Waals surface area contributed by atoms with Gasteiger partial charge in [-0.1, -0.05) is 0 Å². The molecule has 0 spiro atoms. The van der Waals surface area contributed by atoms with Gasteiger partial charge in [-0.2, -0.15) is 0 Å². The summed E-state index contributed by atoms with van der Waals surface area (Å²) in [5.74, 6) is 0.141. The molecule has 1 aromatic rings. The van der Waals surface area contributed by atoms with Gasteiger partial charge in [-0.05, 0) is 38.9 Å². The SMILES string of the molecule is Cc1ccc([N+](=O)[O-])c(OC2CCNCC2)n1. The topological polar surface area (TPSA) is 77.3 Å². The van der Waals surface area contributed by atoms with Crippen LogP contribution in [-0.4, -0.2) is 29.1 Å². The molecule has 1 aromatic heterocycles. The van der Waals surface area contributed by atoms with E-state index in [2.05, 4.69) is 10.3 Å². The van der Waals surface area contributed by atoms with Crippen molar-refractivity contribution < 1.29 is 9.66 Å². The number of aryl methyl sites for hydroxylation is 1. The molecule has 0 aromatic carbocycles. The summed E-state index contributed by atoms with van der Waals surface area (Å²) in [6.07, 6.45) is 1.73. The maximum atomic E-state index is 10.8. The number of piperidine rings is 1. The van der Waals surface area contributed by atoms with E-state index >= 15 is 0 Å². The van der Waals surface area contributed by atoms with E-state index in [-0.39, 0.29) is 17.7 Å². The van der Waals surface area contributed by atoms with Crippen molar-refractivity contribution >= 4 is 5.69 Å². The van der Waals surface area contributed by atoms with Crippen LogP contribution in [0.5, 0.6) is 5.88 Å². The minimum Gasteiger partial charge on any atom is -0.469 e. The quantitative estimate of drug-likeness (QED) is 0.635. The van der Waals surface area contributed by atoms with Crippen LogP contribution in [0.3, 0.4) is 0 Å². The number of pyridine rings is 1. The number of ether oxygens (including phenoxy) is 1. The molecule has 1 aliphatic rings. The third-order valence-electron chi connectivity index (χ3n) is 2.74. The Morgan fingerprint density at radius 1 is 1.47 bits per heavy atom. The summed E-state index contributed by atoms with van der Waals surface area (Å²) in [6.45, 7) is 3.55. The first-order valence-corrected chi connectivity index (χ1v) is 5.66. The van der Waals surface area contributed by atoms with Gasteiger partial charge in [0.1, 0.15) is 6.10 Å². The molecule has 0 bridgehead atoms. The zero-order chi connectivity index (χ0) is 12.3. The number of aromatic nitrogens is 1. The summed E-state index contributed by atoms with van der Waals surface area (Å²) in [5, 5.41) is 14.1. The Hall–Kier alpha value is -1.69. The highest BCUT2D eigenvalue weighted by atomic mass is 16.6. The summed E-state index contributed by atoms with van der Waals surface area (Å²) < 4.78 is 5.64. The van der Waals surface area contributed by atoms with E-state index in [1.54, 1.807) is 13.0 Å². The van der Waals surface area contributed by atoms with Gasteiger partial charge in [0.25, 0.3) is 5.88 Å². The minimum absolute atomic E-state index is 0.0178. The Morgan fingerprint density at radius 3 is 2.82 bits per heavy atom. The van der Waals surface area contributed by atoms with Gasteiger partial charge in [0.15, 0.2) is 0 Å². The largest absolute Gasteiger partial charge is 0.469 e. The standard InChI is InChI=1S/C11H15N3O3/c1-8-2-3-10(14(15)16)11(13-8)17-9-4-6-12-7-5-9/h2-3,9,12H,4-7H2,1H3. The Balaban J connectivity index is 2.17. The monoisotopic (exact) mass is 237 g/mol. The van der Waals surface area contributed by atoms with Crippen LogP contribution >= 0.6 is 0 Å². The van der Waals surface area contributed by atoms with Gasteiger partial charge in [0.05, 0.1) is 4.92 Å². The summed E-state index contributed by atoms with van der Waals surface area (Å²) in [7, 11) is 0.